The molecule has 0 radical (unpaired) electrons. The number of nitro groups is 1. The average molecular weight is 676 g/mol. The van der Waals surface area contributed by atoms with Gasteiger partial charge in [-0.1, -0.05) is 17.4 Å². The first-order chi connectivity index (χ1) is 23.0. The molecule has 0 unspecified atom stereocenters. The van der Waals surface area contributed by atoms with Gasteiger partial charge in [0.05, 0.1) is 52.7 Å². The van der Waals surface area contributed by atoms with Crippen molar-refractivity contribution < 1.29 is 37.9 Å². The van der Waals surface area contributed by atoms with Crippen LogP contribution in [0.1, 0.15) is 49.3 Å². The molecule has 48 heavy (non-hydrogen) atoms. The molecule has 1 aliphatic rings. The maximum atomic E-state index is 14.1. The highest BCUT2D eigenvalue weighted by Crippen LogP contribution is 2.37. The van der Waals surface area contributed by atoms with Gasteiger partial charge >= 0.3 is 11.9 Å². The van der Waals surface area contributed by atoms with Crippen molar-refractivity contribution in [1.82, 2.24) is 4.57 Å². The Morgan fingerprint density at radius 2 is 1.79 bits per heavy atom. The van der Waals surface area contributed by atoms with Gasteiger partial charge < -0.3 is 23.4 Å². The summed E-state index contributed by atoms with van der Waals surface area (Å²) in [5.41, 5.74) is 2.48. The first-order valence-corrected chi connectivity index (χ1v) is 15.8. The monoisotopic (exact) mass is 675 g/mol. The lowest BCUT2D eigenvalue weighted by molar-refractivity contribution is -0.384. The van der Waals surface area contributed by atoms with Crippen LogP contribution in [-0.2, 0) is 19.1 Å². The van der Waals surface area contributed by atoms with Gasteiger partial charge in [-0.15, -0.1) is 0 Å². The fourth-order valence-corrected chi connectivity index (χ4v) is 6.27. The quantitative estimate of drug-likeness (QED) is 0.125. The Bertz CT molecular complexity index is 2140. The number of aromatic nitrogens is 1. The molecular weight excluding hydrogens is 642 g/mol. The van der Waals surface area contributed by atoms with Crippen LogP contribution in [0.4, 0.5) is 5.69 Å². The van der Waals surface area contributed by atoms with Crippen LogP contribution in [0.25, 0.3) is 17.4 Å². The number of nitro benzene ring substituents is 1. The van der Waals surface area contributed by atoms with Crippen LogP contribution < -0.4 is 24.4 Å². The summed E-state index contributed by atoms with van der Waals surface area (Å²) in [7, 11) is 1.25. The molecule has 0 N–H and O–H groups in total. The van der Waals surface area contributed by atoms with Crippen LogP contribution >= 0.6 is 11.3 Å². The molecule has 4 aromatic rings. The molecule has 0 bridgehead atoms. The maximum Gasteiger partial charge on any atom is 0.343 e. The summed E-state index contributed by atoms with van der Waals surface area (Å²) in [4.78, 5) is 55.4. The van der Waals surface area contributed by atoms with Crippen molar-refractivity contribution in [2.75, 3.05) is 26.9 Å². The number of allylic oxidation sites excluding steroid dienone is 1. The summed E-state index contributed by atoms with van der Waals surface area (Å²) in [6, 6.07) is 10.4. The molecule has 0 amide bonds. The molecule has 1 atom stereocenters. The number of hydrogen-bond acceptors (Lipinski definition) is 12. The minimum Gasteiger partial charge on any atom is -0.490 e. The van der Waals surface area contributed by atoms with E-state index in [2.05, 4.69) is 9.73 Å². The second-order valence-corrected chi connectivity index (χ2v) is 11.7. The van der Waals surface area contributed by atoms with E-state index in [1.807, 2.05) is 6.92 Å². The molecule has 14 heteroatoms. The van der Waals surface area contributed by atoms with Crippen LogP contribution in [0.5, 0.6) is 11.5 Å². The van der Waals surface area contributed by atoms with Gasteiger partial charge in [0, 0.05) is 12.1 Å². The fraction of sp³-hybridized carbons (Fsp3) is 0.294. The molecule has 250 valence electrons. The number of carbonyl (C=O) groups excluding carboxylic acids is 2. The van der Waals surface area contributed by atoms with Crippen LogP contribution in [0.15, 0.2) is 67.9 Å². The van der Waals surface area contributed by atoms with Gasteiger partial charge in [-0.25, -0.2) is 14.6 Å². The molecular formula is C34H33N3O10S. The Labute approximate surface area is 278 Å². The van der Waals surface area contributed by atoms with Crippen molar-refractivity contribution in [2.45, 2.75) is 40.7 Å². The summed E-state index contributed by atoms with van der Waals surface area (Å²) >= 11 is 1.10. The van der Waals surface area contributed by atoms with E-state index in [0.717, 1.165) is 22.5 Å². The van der Waals surface area contributed by atoms with Crippen molar-refractivity contribution in [3.8, 4) is 22.8 Å². The third-order valence-electron chi connectivity index (χ3n) is 7.65. The molecule has 1 aliphatic heterocycles. The van der Waals surface area contributed by atoms with Gasteiger partial charge in [0.15, 0.2) is 22.9 Å². The SMILES string of the molecule is CCOC(=O)C1=C(C)N=c2s/c(=C\c3ccc(-c4cc(C)c(C)cc4[N+](=O)[O-])o3)c(=O)n2[C@H]1c1ccc(OCC(=O)OC)c(OCC)c1. The lowest BCUT2D eigenvalue weighted by atomic mass is 9.95. The van der Waals surface area contributed by atoms with E-state index in [1.54, 1.807) is 64.1 Å². The minimum absolute atomic E-state index is 0.0894. The second kappa shape index (κ2) is 14.1. The van der Waals surface area contributed by atoms with Crippen molar-refractivity contribution in [3.05, 3.63) is 106 Å². The summed E-state index contributed by atoms with van der Waals surface area (Å²) < 4.78 is 29.1. The van der Waals surface area contributed by atoms with E-state index in [4.69, 9.17) is 18.6 Å². The standard InChI is InChI=1S/C34H33N3O10S/c1-7-44-27-15-21(9-11-26(27)46-17-29(38)43-6)31-30(33(40)45-8-2)20(5)35-34-36(31)32(39)28(48-34)16-22-10-12-25(47-22)23-13-18(3)19(4)14-24(23)37(41)42/h9-16,31H,7-8,17H2,1-6H3/b28-16-/t31-/m0/s1. The molecule has 0 saturated carbocycles. The lowest BCUT2D eigenvalue weighted by Crippen LogP contribution is -2.40. The number of furan rings is 1. The van der Waals surface area contributed by atoms with Crippen molar-refractivity contribution in [3.63, 3.8) is 0 Å². The Kier molecular flexibility index (Phi) is 9.94. The molecule has 2 aromatic heterocycles. The van der Waals surface area contributed by atoms with Gasteiger partial charge in [0.1, 0.15) is 11.5 Å². The Balaban J connectivity index is 1.63. The number of rotatable bonds is 11. The van der Waals surface area contributed by atoms with E-state index >= 15 is 0 Å². The Morgan fingerprint density at radius 3 is 2.48 bits per heavy atom. The van der Waals surface area contributed by atoms with Gasteiger partial charge in [-0.05, 0) is 81.6 Å². The lowest BCUT2D eigenvalue weighted by Gasteiger charge is -2.25. The third kappa shape index (κ3) is 6.65. The van der Waals surface area contributed by atoms with Crippen molar-refractivity contribution in [1.29, 1.82) is 0 Å². The number of nitrogens with zero attached hydrogens (tertiary/aromatic N) is 3. The molecule has 0 fully saturated rings. The number of hydrogen-bond donors (Lipinski definition) is 0. The average Bonchev–Trinajstić information content (AvgIpc) is 3.64. The van der Waals surface area contributed by atoms with Crippen LogP contribution in [0.2, 0.25) is 0 Å². The summed E-state index contributed by atoms with van der Waals surface area (Å²) in [6.45, 7) is 8.83. The van der Waals surface area contributed by atoms with E-state index < -0.39 is 28.5 Å². The second-order valence-electron chi connectivity index (χ2n) is 10.7. The number of esters is 2. The summed E-state index contributed by atoms with van der Waals surface area (Å²) in [5.74, 6) is -0.0660. The zero-order valence-corrected chi connectivity index (χ0v) is 28.0. The van der Waals surface area contributed by atoms with Crippen LogP contribution in [-0.4, -0.2) is 48.4 Å². The van der Waals surface area contributed by atoms with Crippen molar-refractivity contribution in [2.24, 2.45) is 4.99 Å². The van der Waals surface area contributed by atoms with Gasteiger partial charge in [-0.2, -0.15) is 0 Å². The zero-order valence-electron chi connectivity index (χ0n) is 27.1. The summed E-state index contributed by atoms with van der Waals surface area (Å²) in [5, 5.41) is 11.8. The van der Waals surface area contributed by atoms with Crippen molar-refractivity contribution >= 4 is 35.0 Å². The minimum atomic E-state index is -0.943. The first-order valence-electron chi connectivity index (χ1n) is 15.0. The third-order valence-corrected chi connectivity index (χ3v) is 8.63. The van der Waals surface area contributed by atoms with Gasteiger partial charge in [0.25, 0.3) is 11.2 Å². The molecule has 5 rings (SSSR count). The van der Waals surface area contributed by atoms with E-state index in [9.17, 15) is 24.5 Å². The number of aryl methyl sites for hydroxylation is 2. The van der Waals surface area contributed by atoms with E-state index in [-0.39, 0.29) is 47.1 Å². The predicted molar refractivity (Wildman–Crippen MR) is 176 cm³/mol. The van der Waals surface area contributed by atoms with Gasteiger partial charge in [0.2, 0.25) is 0 Å². The number of thiazole rings is 1. The zero-order chi connectivity index (χ0) is 34.7. The molecule has 0 spiro atoms. The van der Waals surface area contributed by atoms with E-state index in [1.165, 1.54) is 23.8 Å². The number of carbonyl (C=O) groups is 2. The summed E-state index contributed by atoms with van der Waals surface area (Å²) in [6.07, 6.45) is 1.54. The maximum absolute atomic E-state index is 14.1. The van der Waals surface area contributed by atoms with E-state index in [0.29, 0.717) is 33.1 Å². The van der Waals surface area contributed by atoms with Crippen LogP contribution in [0.3, 0.4) is 0 Å². The Morgan fingerprint density at radius 1 is 1.04 bits per heavy atom. The molecule has 0 aliphatic carbocycles. The Hall–Kier alpha value is -5.50. The van der Waals surface area contributed by atoms with Gasteiger partial charge in [-0.3, -0.25) is 19.5 Å². The number of ether oxygens (including phenoxy) is 4. The topological polar surface area (TPSA) is 162 Å². The molecule has 2 aromatic carbocycles. The van der Waals surface area contributed by atoms with Crippen LogP contribution in [0, 0.1) is 24.0 Å². The number of methoxy groups -OCH3 is 1. The molecule has 3 heterocycles. The normalized spacial score (nSPS) is 14.3. The highest BCUT2D eigenvalue weighted by atomic mass is 32.1. The smallest absolute Gasteiger partial charge is 0.343 e. The first kappa shape index (κ1) is 33.9. The number of benzene rings is 2. The predicted octanol–water partition coefficient (Wildman–Crippen LogP) is 4.53. The molecule has 13 nitrogen and oxygen atoms in total. The number of fused-ring (bicyclic) bond motifs is 1. The largest absolute Gasteiger partial charge is 0.490 e. The highest BCUT2D eigenvalue weighted by molar-refractivity contribution is 7.07. The fourth-order valence-electron chi connectivity index (χ4n) is 5.24. The highest BCUT2D eigenvalue weighted by Gasteiger charge is 2.34. The molecule has 0 saturated heterocycles.